The standard InChI is InChI=1S/C21H25ClN2O2/c1-23-10-5-11-24(13-12-23)21(26)15-19(16-6-4-7-17(25)14-16)18-8-2-3-9-20(18)22/h2-4,6-9,14,19,25H,5,10-13,15H2,1H3. The van der Waals surface area contributed by atoms with Crippen LogP contribution in [-0.2, 0) is 4.79 Å². The Hall–Kier alpha value is -2.04. The topological polar surface area (TPSA) is 43.8 Å². The van der Waals surface area contributed by atoms with Crippen molar-refractivity contribution in [2.45, 2.75) is 18.8 Å². The summed E-state index contributed by atoms with van der Waals surface area (Å²) in [4.78, 5) is 17.2. The zero-order valence-corrected chi connectivity index (χ0v) is 15.8. The molecule has 2 aromatic carbocycles. The maximum atomic E-state index is 13.0. The van der Waals surface area contributed by atoms with Crippen molar-refractivity contribution in [3.05, 3.63) is 64.7 Å². The first-order valence-corrected chi connectivity index (χ1v) is 9.42. The highest BCUT2D eigenvalue weighted by molar-refractivity contribution is 6.31. The monoisotopic (exact) mass is 372 g/mol. The molecule has 0 bridgehead atoms. The van der Waals surface area contributed by atoms with Crippen LogP contribution in [0.25, 0.3) is 0 Å². The lowest BCUT2D eigenvalue weighted by atomic mass is 9.88. The molecule has 138 valence electrons. The van der Waals surface area contributed by atoms with Crippen molar-refractivity contribution in [1.29, 1.82) is 0 Å². The average Bonchev–Trinajstić information content (AvgIpc) is 2.85. The van der Waals surface area contributed by atoms with Gasteiger partial charge in [0, 0.05) is 37.0 Å². The van der Waals surface area contributed by atoms with E-state index in [0.29, 0.717) is 11.4 Å². The Morgan fingerprint density at radius 3 is 2.69 bits per heavy atom. The molecular formula is C21H25ClN2O2. The molecule has 1 aliphatic heterocycles. The Kier molecular flexibility index (Phi) is 6.17. The molecule has 0 saturated carbocycles. The first-order chi connectivity index (χ1) is 12.5. The van der Waals surface area contributed by atoms with Crippen molar-refractivity contribution in [2.24, 2.45) is 0 Å². The molecule has 1 aliphatic rings. The molecule has 1 fully saturated rings. The first kappa shape index (κ1) is 18.7. The second-order valence-electron chi connectivity index (χ2n) is 6.91. The molecular weight excluding hydrogens is 348 g/mol. The van der Waals surface area contributed by atoms with Gasteiger partial charge in [-0.25, -0.2) is 0 Å². The number of aromatic hydroxyl groups is 1. The summed E-state index contributed by atoms with van der Waals surface area (Å²) in [5.41, 5.74) is 1.82. The number of carbonyl (C=O) groups excluding carboxylic acids is 1. The summed E-state index contributed by atoms with van der Waals surface area (Å²) in [7, 11) is 2.09. The van der Waals surface area contributed by atoms with Crippen LogP contribution >= 0.6 is 11.6 Å². The molecule has 4 nitrogen and oxygen atoms in total. The Bertz CT molecular complexity index is 765. The number of hydrogen-bond acceptors (Lipinski definition) is 3. The lowest BCUT2D eigenvalue weighted by Crippen LogP contribution is -2.35. The lowest BCUT2D eigenvalue weighted by Gasteiger charge is -2.25. The Labute approximate surface area is 160 Å². The summed E-state index contributed by atoms with van der Waals surface area (Å²) in [6.07, 6.45) is 1.34. The first-order valence-electron chi connectivity index (χ1n) is 9.04. The van der Waals surface area contributed by atoms with Crippen LogP contribution in [0.15, 0.2) is 48.5 Å². The summed E-state index contributed by atoms with van der Waals surface area (Å²) < 4.78 is 0. The molecule has 1 N–H and O–H groups in total. The van der Waals surface area contributed by atoms with Crippen LogP contribution in [-0.4, -0.2) is 54.0 Å². The molecule has 1 amide bonds. The number of benzene rings is 2. The van der Waals surface area contributed by atoms with Gasteiger partial charge in [-0.1, -0.05) is 41.9 Å². The summed E-state index contributed by atoms with van der Waals surface area (Å²) >= 11 is 6.43. The molecule has 1 atom stereocenters. The van der Waals surface area contributed by atoms with Crippen LogP contribution in [0.2, 0.25) is 5.02 Å². The van der Waals surface area contributed by atoms with Crippen molar-refractivity contribution in [3.8, 4) is 5.75 Å². The van der Waals surface area contributed by atoms with Crippen LogP contribution < -0.4 is 0 Å². The zero-order chi connectivity index (χ0) is 18.5. The maximum absolute atomic E-state index is 13.0. The van der Waals surface area contributed by atoms with Gasteiger partial charge in [-0.3, -0.25) is 4.79 Å². The number of carbonyl (C=O) groups is 1. The molecule has 0 aromatic heterocycles. The van der Waals surface area contributed by atoms with Crippen molar-refractivity contribution in [3.63, 3.8) is 0 Å². The number of phenolic OH excluding ortho intramolecular Hbond substituents is 1. The minimum Gasteiger partial charge on any atom is -0.508 e. The van der Waals surface area contributed by atoms with Gasteiger partial charge in [0.25, 0.3) is 0 Å². The summed E-state index contributed by atoms with van der Waals surface area (Å²) in [5, 5.41) is 10.5. The van der Waals surface area contributed by atoms with E-state index in [1.165, 1.54) is 0 Å². The van der Waals surface area contributed by atoms with E-state index in [-0.39, 0.29) is 17.6 Å². The third-order valence-electron chi connectivity index (χ3n) is 5.00. The normalized spacial score (nSPS) is 16.9. The fourth-order valence-electron chi connectivity index (χ4n) is 3.51. The highest BCUT2D eigenvalue weighted by atomic mass is 35.5. The van der Waals surface area contributed by atoms with Gasteiger partial charge in [0.2, 0.25) is 5.91 Å². The molecule has 1 unspecified atom stereocenters. The Morgan fingerprint density at radius 2 is 1.92 bits per heavy atom. The maximum Gasteiger partial charge on any atom is 0.223 e. The number of amides is 1. The second-order valence-corrected chi connectivity index (χ2v) is 7.32. The minimum atomic E-state index is -0.177. The smallest absolute Gasteiger partial charge is 0.223 e. The van der Waals surface area contributed by atoms with Crippen molar-refractivity contribution >= 4 is 17.5 Å². The van der Waals surface area contributed by atoms with Crippen LogP contribution in [0, 0.1) is 0 Å². The number of rotatable bonds is 4. The highest BCUT2D eigenvalue weighted by Gasteiger charge is 2.25. The van der Waals surface area contributed by atoms with Crippen LogP contribution in [0.4, 0.5) is 0 Å². The van der Waals surface area contributed by atoms with Crippen molar-refractivity contribution in [2.75, 3.05) is 33.2 Å². The van der Waals surface area contributed by atoms with Gasteiger partial charge in [0.1, 0.15) is 5.75 Å². The van der Waals surface area contributed by atoms with E-state index in [9.17, 15) is 9.90 Å². The predicted octanol–water partition coefficient (Wildman–Crippen LogP) is 3.73. The van der Waals surface area contributed by atoms with Gasteiger partial charge in [-0.2, -0.15) is 0 Å². The Morgan fingerprint density at radius 1 is 1.12 bits per heavy atom. The van der Waals surface area contributed by atoms with E-state index >= 15 is 0 Å². The zero-order valence-electron chi connectivity index (χ0n) is 15.1. The van der Waals surface area contributed by atoms with E-state index in [2.05, 4.69) is 11.9 Å². The van der Waals surface area contributed by atoms with E-state index < -0.39 is 0 Å². The molecule has 2 aromatic rings. The van der Waals surface area contributed by atoms with Gasteiger partial charge >= 0.3 is 0 Å². The number of nitrogens with zero attached hydrogens (tertiary/aromatic N) is 2. The van der Waals surface area contributed by atoms with Gasteiger partial charge in [-0.15, -0.1) is 0 Å². The highest BCUT2D eigenvalue weighted by Crippen LogP contribution is 2.34. The Balaban J connectivity index is 1.86. The third kappa shape index (κ3) is 4.57. The molecule has 1 saturated heterocycles. The van der Waals surface area contributed by atoms with E-state index in [0.717, 1.165) is 43.7 Å². The van der Waals surface area contributed by atoms with Crippen LogP contribution in [0.1, 0.15) is 29.9 Å². The van der Waals surface area contributed by atoms with Gasteiger partial charge < -0.3 is 14.9 Å². The number of phenols is 1. The van der Waals surface area contributed by atoms with Crippen LogP contribution in [0.5, 0.6) is 5.75 Å². The number of likely N-dealkylation sites (N-methyl/N-ethyl adjacent to an activating group) is 1. The molecule has 5 heteroatoms. The van der Waals surface area contributed by atoms with Gasteiger partial charge in [0.15, 0.2) is 0 Å². The molecule has 26 heavy (non-hydrogen) atoms. The van der Waals surface area contributed by atoms with Crippen molar-refractivity contribution < 1.29 is 9.90 Å². The van der Waals surface area contributed by atoms with E-state index in [4.69, 9.17) is 11.6 Å². The SMILES string of the molecule is CN1CCCN(C(=O)CC(c2cccc(O)c2)c2ccccc2Cl)CC1. The largest absolute Gasteiger partial charge is 0.508 e. The average molecular weight is 373 g/mol. The number of halogens is 1. The second kappa shape index (κ2) is 8.56. The predicted molar refractivity (Wildman–Crippen MR) is 105 cm³/mol. The molecule has 0 radical (unpaired) electrons. The third-order valence-corrected chi connectivity index (χ3v) is 5.35. The van der Waals surface area contributed by atoms with Crippen molar-refractivity contribution in [1.82, 2.24) is 9.80 Å². The van der Waals surface area contributed by atoms with Gasteiger partial charge in [0.05, 0.1) is 0 Å². The van der Waals surface area contributed by atoms with Gasteiger partial charge in [-0.05, 0) is 49.3 Å². The summed E-state index contributed by atoms with van der Waals surface area (Å²) in [6.45, 7) is 3.46. The fourth-order valence-corrected chi connectivity index (χ4v) is 3.77. The van der Waals surface area contributed by atoms with E-state index in [1.54, 1.807) is 18.2 Å². The molecule has 0 aliphatic carbocycles. The molecule has 0 spiro atoms. The summed E-state index contributed by atoms with van der Waals surface area (Å²) in [6, 6.07) is 14.7. The fraction of sp³-hybridized carbons (Fsp3) is 0.381. The van der Waals surface area contributed by atoms with Crippen LogP contribution in [0.3, 0.4) is 0 Å². The quantitative estimate of drug-likeness (QED) is 0.889. The lowest BCUT2D eigenvalue weighted by molar-refractivity contribution is -0.131. The minimum absolute atomic E-state index is 0.133. The summed E-state index contributed by atoms with van der Waals surface area (Å²) in [5.74, 6) is 0.154. The molecule has 3 rings (SSSR count). The van der Waals surface area contributed by atoms with E-state index in [1.807, 2.05) is 35.2 Å². The molecule has 1 heterocycles. The number of hydrogen-bond donors (Lipinski definition) is 1.